The number of aromatic nitrogens is 2. The molecular weight excluding hydrogens is 391 g/mol. The third kappa shape index (κ3) is 3.64. The Labute approximate surface area is 166 Å². The van der Waals surface area contributed by atoms with Crippen LogP contribution >= 0.6 is 11.6 Å². The molecule has 2 aromatic rings. The van der Waals surface area contributed by atoms with Gasteiger partial charge in [0.15, 0.2) is 5.82 Å². The van der Waals surface area contributed by atoms with E-state index in [2.05, 4.69) is 10.4 Å². The molecule has 0 radical (unpaired) electrons. The smallest absolute Gasteiger partial charge is 0.248 e. The average Bonchev–Trinajstić information content (AvgIpc) is 2.83. The largest absolute Gasteiger partial charge is 0.309 e. The molecule has 0 saturated heterocycles. The first-order valence-corrected chi connectivity index (χ1v) is 9.81. The number of hydrogen-bond donors (Lipinski definition) is 1. The molecule has 4 rings (SSSR count). The summed E-state index contributed by atoms with van der Waals surface area (Å²) in [6.07, 6.45) is 2.58. The van der Waals surface area contributed by atoms with E-state index in [4.69, 9.17) is 11.6 Å². The van der Waals surface area contributed by atoms with Crippen LogP contribution in [0.15, 0.2) is 18.2 Å². The van der Waals surface area contributed by atoms with E-state index in [9.17, 15) is 18.0 Å². The molecule has 1 heterocycles. The van der Waals surface area contributed by atoms with Crippen molar-refractivity contribution in [2.45, 2.75) is 50.4 Å². The Bertz CT molecular complexity index is 916. The zero-order valence-electron chi connectivity index (χ0n) is 15.4. The number of nitrogens with one attached hydrogen (secondary N) is 1. The number of amides is 1. The van der Waals surface area contributed by atoms with Gasteiger partial charge in [-0.3, -0.25) is 9.48 Å². The van der Waals surface area contributed by atoms with E-state index >= 15 is 0 Å². The molecule has 1 N–H and O–H groups in total. The monoisotopic (exact) mass is 411 g/mol. The first-order chi connectivity index (χ1) is 13.2. The normalized spacial score (nSPS) is 19.2. The molecule has 0 bridgehead atoms. The molecule has 2 fully saturated rings. The summed E-state index contributed by atoms with van der Waals surface area (Å²) in [6, 6.07) is 4.59. The van der Waals surface area contributed by atoms with Crippen molar-refractivity contribution in [2.24, 2.45) is 13.0 Å². The molecular formula is C20H21ClF3N3O. The van der Waals surface area contributed by atoms with Crippen LogP contribution in [-0.4, -0.2) is 21.6 Å². The molecule has 0 spiro atoms. The van der Waals surface area contributed by atoms with Crippen molar-refractivity contribution >= 4 is 23.3 Å². The van der Waals surface area contributed by atoms with Gasteiger partial charge < -0.3 is 5.32 Å². The minimum absolute atomic E-state index is 0.0435. The van der Waals surface area contributed by atoms with Crippen molar-refractivity contribution in [1.29, 1.82) is 0 Å². The number of aryl methyl sites for hydroxylation is 1. The highest BCUT2D eigenvalue weighted by Crippen LogP contribution is 2.46. The Kier molecular flexibility index (Phi) is 4.89. The van der Waals surface area contributed by atoms with Crippen LogP contribution in [0.25, 0.3) is 11.3 Å². The molecule has 2 aliphatic rings. The highest BCUT2D eigenvalue weighted by molar-refractivity contribution is 6.30. The van der Waals surface area contributed by atoms with Crippen molar-refractivity contribution in [3.8, 4) is 11.3 Å². The zero-order chi connectivity index (χ0) is 20.1. The summed E-state index contributed by atoms with van der Waals surface area (Å²) in [6.45, 7) is 0. The standard InChI is InChI=1S/C20H21ClF3N3O/c1-27-18(13-5-6-14(21)15(22)8-13)17(12-3-2-4-12)19(26-27)25-16(28)7-11-9-20(23,24)10-11/h5-6,8,11-12H,2-4,7,9-10H2,1H3,(H,25,26,28). The quantitative estimate of drug-likeness (QED) is 0.704. The molecule has 0 unspecified atom stereocenters. The third-order valence-corrected chi connectivity index (χ3v) is 6.00. The Morgan fingerprint density at radius 3 is 2.64 bits per heavy atom. The molecule has 28 heavy (non-hydrogen) atoms. The SMILES string of the molecule is Cn1nc(NC(=O)CC2CC(F)(F)C2)c(C2CCC2)c1-c1ccc(Cl)c(F)c1. The first-order valence-electron chi connectivity index (χ1n) is 9.43. The number of nitrogens with zero attached hydrogens (tertiary/aromatic N) is 2. The summed E-state index contributed by atoms with van der Waals surface area (Å²) in [4.78, 5) is 12.4. The van der Waals surface area contributed by atoms with Gasteiger partial charge in [-0.25, -0.2) is 13.2 Å². The fraction of sp³-hybridized carbons (Fsp3) is 0.500. The maximum absolute atomic E-state index is 14.0. The van der Waals surface area contributed by atoms with E-state index in [1.54, 1.807) is 17.8 Å². The van der Waals surface area contributed by atoms with Gasteiger partial charge in [-0.2, -0.15) is 5.10 Å². The summed E-state index contributed by atoms with van der Waals surface area (Å²) in [5.74, 6) is -3.10. The number of anilines is 1. The summed E-state index contributed by atoms with van der Waals surface area (Å²) in [7, 11) is 1.74. The second-order valence-corrected chi connectivity index (χ2v) is 8.28. The lowest BCUT2D eigenvalue weighted by atomic mass is 9.78. The maximum Gasteiger partial charge on any atom is 0.248 e. The minimum Gasteiger partial charge on any atom is -0.309 e. The van der Waals surface area contributed by atoms with Gasteiger partial charge >= 0.3 is 0 Å². The number of alkyl halides is 2. The van der Waals surface area contributed by atoms with Crippen LogP contribution in [0.3, 0.4) is 0 Å². The van der Waals surface area contributed by atoms with E-state index < -0.39 is 11.7 Å². The zero-order valence-corrected chi connectivity index (χ0v) is 16.2. The second kappa shape index (κ2) is 7.10. The summed E-state index contributed by atoms with van der Waals surface area (Å²) in [5.41, 5.74) is 2.26. The summed E-state index contributed by atoms with van der Waals surface area (Å²) in [5, 5.41) is 7.29. The summed E-state index contributed by atoms with van der Waals surface area (Å²) >= 11 is 5.80. The third-order valence-electron chi connectivity index (χ3n) is 5.70. The van der Waals surface area contributed by atoms with Crippen LogP contribution < -0.4 is 5.32 Å². The Morgan fingerprint density at radius 2 is 2.07 bits per heavy atom. The van der Waals surface area contributed by atoms with E-state index in [-0.39, 0.29) is 42.0 Å². The number of benzene rings is 1. The van der Waals surface area contributed by atoms with Crippen molar-refractivity contribution in [3.05, 3.63) is 34.6 Å². The van der Waals surface area contributed by atoms with Crippen molar-refractivity contribution < 1.29 is 18.0 Å². The number of rotatable bonds is 5. The van der Waals surface area contributed by atoms with Crippen molar-refractivity contribution in [1.82, 2.24) is 9.78 Å². The fourth-order valence-corrected chi connectivity index (χ4v) is 4.19. The Hall–Kier alpha value is -2.02. The van der Waals surface area contributed by atoms with Crippen LogP contribution in [0.4, 0.5) is 19.0 Å². The highest BCUT2D eigenvalue weighted by Gasteiger charge is 2.45. The van der Waals surface area contributed by atoms with Gasteiger partial charge in [0.1, 0.15) is 5.82 Å². The average molecular weight is 412 g/mol. The van der Waals surface area contributed by atoms with Gasteiger partial charge in [-0.1, -0.05) is 24.1 Å². The molecule has 150 valence electrons. The van der Waals surface area contributed by atoms with Crippen LogP contribution in [0.2, 0.25) is 5.02 Å². The van der Waals surface area contributed by atoms with Gasteiger partial charge in [-0.05, 0) is 36.8 Å². The lowest BCUT2D eigenvalue weighted by Gasteiger charge is -2.34. The number of halogens is 4. The number of carbonyl (C=O) groups is 1. The first kappa shape index (κ1) is 19.3. The number of carbonyl (C=O) groups excluding carboxylic acids is 1. The van der Waals surface area contributed by atoms with Crippen LogP contribution in [0, 0.1) is 11.7 Å². The van der Waals surface area contributed by atoms with Crippen LogP contribution in [0.5, 0.6) is 0 Å². The van der Waals surface area contributed by atoms with Gasteiger partial charge in [-0.15, -0.1) is 0 Å². The molecule has 4 nitrogen and oxygen atoms in total. The molecule has 0 atom stereocenters. The Balaban J connectivity index is 1.61. The summed E-state index contributed by atoms with van der Waals surface area (Å²) < 4.78 is 41.6. The van der Waals surface area contributed by atoms with Gasteiger partial charge in [0, 0.05) is 37.4 Å². The topological polar surface area (TPSA) is 46.9 Å². The molecule has 1 aromatic carbocycles. The van der Waals surface area contributed by atoms with E-state index in [0.717, 1.165) is 30.5 Å². The minimum atomic E-state index is -2.64. The van der Waals surface area contributed by atoms with E-state index in [1.807, 2.05) is 0 Å². The Morgan fingerprint density at radius 1 is 1.36 bits per heavy atom. The van der Waals surface area contributed by atoms with Gasteiger partial charge in [0.2, 0.25) is 11.8 Å². The molecule has 1 amide bonds. The molecule has 1 aromatic heterocycles. The van der Waals surface area contributed by atoms with Crippen LogP contribution in [0.1, 0.15) is 50.0 Å². The maximum atomic E-state index is 14.0. The van der Waals surface area contributed by atoms with E-state index in [0.29, 0.717) is 11.4 Å². The van der Waals surface area contributed by atoms with Gasteiger partial charge in [0.05, 0.1) is 10.7 Å². The number of hydrogen-bond acceptors (Lipinski definition) is 2. The van der Waals surface area contributed by atoms with Crippen molar-refractivity contribution in [3.63, 3.8) is 0 Å². The van der Waals surface area contributed by atoms with Gasteiger partial charge in [0.25, 0.3) is 0 Å². The molecule has 2 aliphatic carbocycles. The highest BCUT2D eigenvalue weighted by atomic mass is 35.5. The second-order valence-electron chi connectivity index (χ2n) is 7.87. The van der Waals surface area contributed by atoms with Crippen molar-refractivity contribution in [2.75, 3.05) is 5.32 Å². The molecule has 8 heteroatoms. The predicted molar refractivity (Wildman–Crippen MR) is 101 cm³/mol. The fourth-order valence-electron chi connectivity index (χ4n) is 4.08. The molecule has 0 aliphatic heterocycles. The lowest BCUT2D eigenvalue weighted by Crippen LogP contribution is -2.37. The molecule has 2 saturated carbocycles. The van der Waals surface area contributed by atoms with Crippen LogP contribution in [-0.2, 0) is 11.8 Å². The lowest BCUT2D eigenvalue weighted by molar-refractivity contribution is -0.129. The predicted octanol–water partition coefficient (Wildman–Crippen LogP) is 5.52. The van der Waals surface area contributed by atoms with E-state index in [1.165, 1.54) is 12.1 Å².